The Morgan fingerprint density at radius 2 is 1.02 bits per heavy atom. The first-order chi connectivity index (χ1) is 22.0. The van der Waals surface area contributed by atoms with Gasteiger partial charge in [-0.05, 0) is 107 Å². The third-order valence-electron chi connectivity index (χ3n) is 10.9. The van der Waals surface area contributed by atoms with Crippen molar-refractivity contribution < 1.29 is 0 Å². The number of hydrogen-bond donors (Lipinski definition) is 0. The van der Waals surface area contributed by atoms with Gasteiger partial charge < -0.3 is 0 Å². The maximum atomic E-state index is 3.73. The summed E-state index contributed by atoms with van der Waals surface area (Å²) in [5.41, 5.74) is 18.6. The van der Waals surface area contributed by atoms with Gasteiger partial charge in [-0.3, -0.25) is 0 Å². The van der Waals surface area contributed by atoms with Crippen LogP contribution in [0.5, 0.6) is 0 Å². The molecule has 45 heavy (non-hydrogen) atoms. The number of rotatable bonds is 1. The molecule has 7 aromatic rings. The minimum absolute atomic E-state index is 0.0823. The lowest BCUT2D eigenvalue weighted by Crippen LogP contribution is -2.26. The fourth-order valence-electron chi connectivity index (χ4n) is 9.09. The van der Waals surface area contributed by atoms with E-state index in [4.69, 9.17) is 0 Å². The topological polar surface area (TPSA) is 0 Å². The van der Waals surface area contributed by atoms with E-state index < -0.39 is 0 Å². The van der Waals surface area contributed by atoms with Crippen LogP contribution < -0.4 is 0 Å². The van der Waals surface area contributed by atoms with E-state index in [-0.39, 0.29) is 10.8 Å². The molecule has 1 spiro atoms. The van der Waals surface area contributed by atoms with Crippen molar-refractivity contribution in [2.45, 2.75) is 24.7 Å². The van der Waals surface area contributed by atoms with Gasteiger partial charge in [0.05, 0.1) is 5.41 Å². The van der Waals surface area contributed by atoms with Gasteiger partial charge in [0.2, 0.25) is 0 Å². The van der Waals surface area contributed by atoms with Crippen molar-refractivity contribution in [3.05, 3.63) is 177 Å². The van der Waals surface area contributed by atoms with Gasteiger partial charge in [-0.1, -0.05) is 151 Å². The number of hydrogen-bond acceptors (Lipinski definition) is 0. The molecule has 0 bridgehead atoms. The number of fused-ring (bicyclic) bond motifs is 15. The SMILES string of the molecule is CC1(C)c2cc(Br)ccc2-c2ccc(-c3cccc4c3-c3ccc5ccccc5c3C43c4ccccc4-c4ccccc43)cc21. The molecule has 3 aliphatic rings. The van der Waals surface area contributed by atoms with E-state index in [0.717, 1.165) is 4.47 Å². The van der Waals surface area contributed by atoms with E-state index >= 15 is 0 Å². The Labute approximate surface area is 272 Å². The minimum Gasteiger partial charge on any atom is -0.0619 e. The summed E-state index contributed by atoms with van der Waals surface area (Å²) in [6.07, 6.45) is 0. The zero-order valence-corrected chi connectivity index (χ0v) is 26.7. The van der Waals surface area contributed by atoms with Crippen LogP contribution in [0.3, 0.4) is 0 Å². The predicted molar refractivity (Wildman–Crippen MR) is 191 cm³/mol. The van der Waals surface area contributed by atoms with Gasteiger partial charge in [0.25, 0.3) is 0 Å². The first-order valence-corrected chi connectivity index (χ1v) is 16.6. The Morgan fingerprint density at radius 1 is 0.444 bits per heavy atom. The molecule has 0 heterocycles. The molecule has 0 amide bonds. The first-order valence-electron chi connectivity index (χ1n) is 15.8. The standard InChI is InChI=1S/C44H29Br/c1-43(2)39-24-27(19-21-33(39)34-23-20-28(45)25-40(34)43)29-14-9-17-38-41(29)35-22-18-26-10-3-4-11-30(26)42(35)44(38)36-15-7-5-12-31(36)32-13-6-8-16-37(32)44/h3-25H,1-2H3. The summed E-state index contributed by atoms with van der Waals surface area (Å²) in [6.45, 7) is 4.73. The zero-order valence-electron chi connectivity index (χ0n) is 25.2. The lowest BCUT2D eigenvalue weighted by molar-refractivity contribution is 0.660. The van der Waals surface area contributed by atoms with E-state index in [2.05, 4.69) is 169 Å². The van der Waals surface area contributed by atoms with Crippen LogP contribution in [0.25, 0.3) is 55.3 Å². The summed E-state index contributed by atoms with van der Waals surface area (Å²) < 4.78 is 1.13. The molecule has 1 heteroatoms. The van der Waals surface area contributed by atoms with Crippen LogP contribution in [0.2, 0.25) is 0 Å². The zero-order chi connectivity index (χ0) is 30.1. The molecule has 0 N–H and O–H groups in total. The van der Waals surface area contributed by atoms with Gasteiger partial charge in [0.1, 0.15) is 0 Å². The molecular weight excluding hydrogens is 608 g/mol. The summed E-state index contributed by atoms with van der Waals surface area (Å²) in [5, 5.41) is 2.62. The van der Waals surface area contributed by atoms with E-state index in [1.165, 1.54) is 88.7 Å². The highest BCUT2D eigenvalue weighted by Gasteiger charge is 2.53. The van der Waals surface area contributed by atoms with Crippen molar-refractivity contribution >= 4 is 26.7 Å². The van der Waals surface area contributed by atoms with Crippen LogP contribution in [0.1, 0.15) is 47.2 Å². The molecule has 0 fully saturated rings. The molecule has 212 valence electrons. The Bertz CT molecular complexity index is 2380. The Morgan fingerprint density at radius 3 is 1.80 bits per heavy atom. The molecule has 10 rings (SSSR count). The molecule has 0 saturated heterocycles. The highest BCUT2D eigenvalue weighted by molar-refractivity contribution is 9.10. The van der Waals surface area contributed by atoms with Gasteiger partial charge in [-0.2, -0.15) is 0 Å². The fourth-order valence-corrected chi connectivity index (χ4v) is 9.45. The highest BCUT2D eigenvalue weighted by atomic mass is 79.9. The maximum Gasteiger partial charge on any atom is 0.0731 e. The van der Waals surface area contributed by atoms with Crippen molar-refractivity contribution in [1.82, 2.24) is 0 Å². The lowest BCUT2D eigenvalue weighted by Gasteiger charge is -2.31. The summed E-state index contributed by atoms with van der Waals surface area (Å²) >= 11 is 3.73. The summed E-state index contributed by atoms with van der Waals surface area (Å²) in [6, 6.07) is 52.8. The highest BCUT2D eigenvalue weighted by Crippen LogP contribution is 2.65. The molecule has 0 aliphatic heterocycles. The van der Waals surface area contributed by atoms with Crippen molar-refractivity contribution in [3.8, 4) is 44.5 Å². The van der Waals surface area contributed by atoms with Crippen LogP contribution in [0, 0.1) is 0 Å². The summed E-state index contributed by atoms with van der Waals surface area (Å²) in [4.78, 5) is 0. The molecule has 0 aromatic heterocycles. The van der Waals surface area contributed by atoms with Crippen LogP contribution in [-0.4, -0.2) is 0 Å². The molecule has 0 unspecified atom stereocenters. The smallest absolute Gasteiger partial charge is 0.0619 e. The quantitative estimate of drug-likeness (QED) is 0.168. The fraction of sp³-hybridized carbons (Fsp3) is 0.0909. The summed E-state index contributed by atoms with van der Waals surface area (Å²) in [5.74, 6) is 0. The second-order valence-electron chi connectivity index (χ2n) is 13.4. The van der Waals surface area contributed by atoms with Crippen molar-refractivity contribution in [1.29, 1.82) is 0 Å². The third-order valence-corrected chi connectivity index (χ3v) is 11.4. The van der Waals surface area contributed by atoms with E-state index in [9.17, 15) is 0 Å². The molecule has 0 nitrogen and oxygen atoms in total. The Balaban J connectivity index is 1.31. The van der Waals surface area contributed by atoms with Crippen LogP contribution >= 0.6 is 15.9 Å². The minimum atomic E-state index is -0.382. The van der Waals surface area contributed by atoms with Gasteiger partial charge in [-0.25, -0.2) is 0 Å². The lowest BCUT2D eigenvalue weighted by atomic mass is 9.69. The normalized spacial score (nSPS) is 15.4. The van der Waals surface area contributed by atoms with Crippen molar-refractivity contribution in [2.75, 3.05) is 0 Å². The molecule has 0 radical (unpaired) electrons. The number of halogens is 1. The van der Waals surface area contributed by atoms with Gasteiger partial charge >= 0.3 is 0 Å². The van der Waals surface area contributed by atoms with E-state index in [1.54, 1.807) is 0 Å². The van der Waals surface area contributed by atoms with Gasteiger partial charge in [0.15, 0.2) is 0 Å². The second kappa shape index (κ2) is 8.71. The maximum absolute atomic E-state index is 3.73. The van der Waals surface area contributed by atoms with Gasteiger partial charge in [0, 0.05) is 9.89 Å². The molecule has 0 saturated carbocycles. The second-order valence-corrected chi connectivity index (χ2v) is 14.3. The third kappa shape index (κ3) is 3.07. The van der Waals surface area contributed by atoms with Crippen molar-refractivity contribution in [2.24, 2.45) is 0 Å². The van der Waals surface area contributed by atoms with Gasteiger partial charge in [-0.15, -0.1) is 0 Å². The Hall–Kier alpha value is -4.72. The average molecular weight is 638 g/mol. The van der Waals surface area contributed by atoms with E-state index in [1.807, 2.05) is 0 Å². The largest absolute Gasteiger partial charge is 0.0731 e. The Kier molecular flexibility index (Phi) is 4.95. The first kappa shape index (κ1) is 25.6. The molecule has 3 aliphatic carbocycles. The van der Waals surface area contributed by atoms with Crippen LogP contribution in [0.15, 0.2) is 144 Å². The van der Waals surface area contributed by atoms with Crippen molar-refractivity contribution in [3.63, 3.8) is 0 Å². The summed E-state index contributed by atoms with van der Waals surface area (Å²) in [7, 11) is 0. The molecule has 7 aromatic carbocycles. The van der Waals surface area contributed by atoms with E-state index in [0.29, 0.717) is 0 Å². The predicted octanol–water partition coefficient (Wildman–Crippen LogP) is 11.9. The molecular formula is C44H29Br. The number of benzene rings is 7. The van der Waals surface area contributed by atoms with Crippen LogP contribution in [-0.2, 0) is 10.8 Å². The average Bonchev–Trinajstić information content (AvgIpc) is 3.63. The molecule has 0 atom stereocenters. The monoisotopic (exact) mass is 636 g/mol. The van der Waals surface area contributed by atoms with Crippen LogP contribution in [0.4, 0.5) is 0 Å².